The summed E-state index contributed by atoms with van der Waals surface area (Å²) in [7, 11) is 0. The Labute approximate surface area is 99.6 Å². The van der Waals surface area contributed by atoms with Gasteiger partial charge in [0.2, 0.25) is 0 Å². The van der Waals surface area contributed by atoms with E-state index in [4.69, 9.17) is 0 Å². The van der Waals surface area contributed by atoms with Crippen LogP contribution in [-0.4, -0.2) is 42.8 Å². The molecule has 3 heteroatoms. The quantitative estimate of drug-likeness (QED) is 0.780. The zero-order chi connectivity index (χ0) is 12.2. The number of hydrogen-bond acceptors (Lipinski definition) is 2. The summed E-state index contributed by atoms with van der Waals surface area (Å²) in [5.41, 5.74) is 0.169. The minimum absolute atomic E-state index is 0.169. The van der Waals surface area contributed by atoms with E-state index >= 15 is 0 Å². The molecule has 0 aromatic heterocycles. The van der Waals surface area contributed by atoms with E-state index in [1.54, 1.807) is 0 Å². The molecule has 96 valence electrons. The summed E-state index contributed by atoms with van der Waals surface area (Å²) in [6.45, 7) is 11.3. The van der Waals surface area contributed by atoms with E-state index in [0.29, 0.717) is 18.5 Å². The zero-order valence-electron chi connectivity index (χ0n) is 11.2. The molecule has 1 aliphatic heterocycles. The molecule has 0 amide bonds. The van der Waals surface area contributed by atoms with Gasteiger partial charge in [-0.2, -0.15) is 0 Å². The van der Waals surface area contributed by atoms with Gasteiger partial charge in [0.05, 0.1) is 0 Å². The van der Waals surface area contributed by atoms with E-state index in [0.717, 1.165) is 25.9 Å². The van der Waals surface area contributed by atoms with Crippen LogP contribution in [0.25, 0.3) is 0 Å². The van der Waals surface area contributed by atoms with Crippen LogP contribution in [0.15, 0.2) is 0 Å². The lowest BCUT2D eigenvalue weighted by molar-refractivity contribution is 0.0677. The highest BCUT2D eigenvalue weighted by molar-refractivity contribution is 4.94. The van der Waals surface area contributed by atoms with Crippen molar-refractivity contribution in [2.75, 3.05) is 26.3 Å². The van der Waals surface area contributed by atoms with Crippen molar-refractivity contribution in [1.29, 1.82) is 0 Å². The van der Waals surface area contributed by atoms with E-state index in [-0.39, 0.29) is 12.2 Å². The molecular weight excluding hydrogens is 203 g/mol. The third-order valence-corrected chi connectivity index (χ3v) is 3.73. The first-order chi connectivity index (χ1) is 7.50. The van der Waals surface area contributed by atoms with E-state index in [1.807, 2.05) is 0 Å². The van der Waals surface area contributed by atoms with Gasteiger partial charge in [0.25, 0.3) is 0 Å². The van der Waals surface area contributed by atoms with Gasteiger partial charge in [-0.3, -0.25) is 4.90 Å². The van der Waals surface area contributed by atoms with Crippen LogP contribution in [0.4, 0.5) is 4.39 Å². The Morgan fingerprint density at radius 3 is 2.69 bits per heavy atom. The van der Waals surface area contributed by atoms with Crippen LogP contribution >= 0.6 is 0 Å². The molecule has 1 N–H and O–H groups in total. The first kappa shape index (κ1) is 13.9. The molecule has 1 fully saturated rings. The molecule has 1 rings (SSSR count). The van der Waals surface area contributed by atoms with Gasteiger partial charge in [-0.1, -0.05) is 20.8 Å². The second kappa shape index (κ2) is 5.97. The number of nitrogens with zero attached hydrogens (tertiary/aromatic N) is 1. The van der Waals surface area contributed by atoms with E-state index in [9.17, 15) is 4.39 Å². The maximum Gasteiger partial charge on any atom is 0.102 e. The molecule has 2 unspecified atom stereocenters. The molecule has 0 bridgehead atoms. The summed E-state index contributed by atoms with van der Waals surface area (Å²) in [6, 6.07) is 0.510. The van der Waals surface area contributed by atoms with E-state index in [2.05, 4.69) is 37.9 Å². The van der Waals surface area contributed by atoms with Gasteiger partial charge in [0, 0.05) is 31.2 Å². The highest BCUT2D eigenvalue weighted by Gasteiger charge is 2.34. The van der Waals surface area contributed by atoms with Crippen LogP contribution in [0.2, 0.25) is 0 Å². The molecule has 16 heavy (non-hydrogen) atoms. The Morgan fingerprint density at radius 1 is 1.50 bits per heavy atom. The van der Waals surface area contributed by atoms with Crippen LogP contribution in [0.3, 0.4) is 0 Å². The lowest BCUT2D eigenvalue weighted by atomic mass is 9.91. The van der Waals surface area contributed by atoms with Gasteiger partial charge in [-0.25, -0.2) is 4.39 Å². The highest BCUT2D eigenvalue weighted by Crippen LogP contribution is 2.22. The van der Waals surface area contributed by atoms with E-state index < -0.39 is 0 Å². The first-order valence-corrected chi connectivity index (χ1v) is 6.56. The van der Waals surface area contributed by atoms with Crippen LogP contribution in [-0.2, 0) is 0 Å². The number of nitrogens with one attached hydrogen (secondary N) is 1. The summed E-state index contributed by atoms with van der Waals surface area (Å²) >= 11 is 0. The largest absolute Gasteiger partial charge is 0.309 e. The lowest BCUT2D eigenvalue weighted by Gasteiger charge is -2.46. The fourth-order valence-electron chi connectivity index (χ4n) is 2.51. The number of alkyl halides is 1. The molecule has 0 saturated carbocycles. The van der Waals surface area contributed by atoms with Crippen LogP contribution in [0.1, 0.15) is 40.5 Å². The highest BCUT2D eigenvalue weighted by atomic mass is 19.1. The molecule has 1 saturated heterocycles. The van der Waals surface area contributed by atoms with Gasteiger partial charge in [-0.05, 0) is 25.7 Å². The van der Waals surface area contributed by atoms with Crippen molar-refractivity contribution in [3.05, 3.63) is 0 Å². The molecule has 0 spiro atoms. The smallest absolute Gasteiger partial charge is 0.102 e. The van der Waals surface area contributed by atoms with Crippen molar-refractivity contribution in [2.45, 2.75) is 52.1 Å². The fourth-order valence-corrected chi connectivity index (χ4v) is 2.51. The van der Waals surface area contributed by atoms with Crippen LogP contribution < -0.4 is 5.32 Å². The average Bonchev–Trinajstić information content (AvgIpc) is 2.22. The van der Waals surface area contributed by atoms with Crippen LogP contribution in [0.5, 0.6) is 0 Å². The molecule has 2 atom stereocenters. The maximum absolute atomic E-state index is 12.6. The topological polar surface area (TPSA) is 15.3 Å². The molecule has 1 heterocycles. The SMILES string of the molecule is CCC1(C)CN(CCF)C(CC(C)C)CN1. The Kier molecular flexibility index (Phi) is 5.19. The minimum Gasteiger partial charge on any atom is -0.309 e. The summed E-state index contributed by atoms with van der Waals surface area (Å²) in [5.74, 6) is 0.680. The normalized spacial score (nSPS) is 32.2. The summed E-state index contributed by atoms with van der Waals surface area (Å²) in [5, 5.41) is 3.62. The van der Waals surface area contributed by atoms with Gasteiger partial charge in [-0.15, -0.1) is 0 Å². The molecule has 0 aromatic carbocycles. The molecular formula is C13H27FN2. The van der Waals surface area contributed by atoms with Crippen molar-refractivity contribution in [2.24, 2.45) is 5.92 Å². The van der Waals surface area contributed by atoms with Crippen LogP contribution in [0, 0.1) is 5.92 Å². The summed E-state index contributed by atoms with van der Waals surface area (Å²) < 4.78 is 12.6. The van der Waals surface area contributed by atoms with Gasteiger partial charge in [0.1, 0.15) is 6.67 Å². The van der Waals surface area contributed by atoms with Gasteiger partial charge in [0.15, 0.2) is 0 Å². The fraction of sp³-hybridized carbons (Fsp3) is 1.00. The predicted octanol–water partition coefficient (Wildman–Crippen LogP) is 2.44. The Bertz CT molecular complexity index is 208. The number of rotatable bonds is 5. The zero-order valence-corrected chi connectivity index (χ0v) is 11.2. The predicted molar refractivity (Wildman–Crippen MR) is 67.5 cm³/mol. The Balaban J connectivity index is 2.59. The first-order valence-electron chi connectivity index (χ1n) is 6.56. The third-order valence-electron chi connectivity index (χ3n) is 3.73. The standard InChI is InChI=1S/C13H27FN2/c1-5-13(4)10-16(7-6-14)12(9-15-13)8-11(2)3/h11-12,15H,5-10H2,1-4H3. The maximum atomic E-state index is 12.6. The molecule has 0 aliphatic carbocycles. The van der Waals surface area contributed by atoms with Crippen molar-refractivity contribution in [3.63, 3.8) is 0 Å². The Morgan fingerprint density at radius 2 is 2.19 bits per heavy atom. The minimum atomic E-state index is -0.228. The molecule has 0 aromatic rings. The second-order valence-corrected chi connectivity index (χ2v) is 5.74. The van der Waals surface area contributed by atoms with Crippen molar-refractivity contribution >= 4 is 0 Å². The monoisotopic (exact) mass is 230 g/mol. The number of halogens is 1. The lowest BCUT2D eigenvalue weighted by Crippen LogP contribution is -2.63. The summed E-state index contributed by atoms with van der Waals surface area (Å²) in [6.07, 6.45) is 2.26. The number of piperazine rings is 1. The summed E-state index contributed by atoms with van der Waals surface area (Å²) in [4.78, 5) is 2.33. The molecule has 2 nitrogen and oxygen atoms in total. The molecule has 1 aliphatic rings. The van der Waals surface area contributed by atoms with Gasteiger partial charge >= 0.3 is 0 Å². The van der Waals surface area contributed by atoms with Crippen molar-refractivity contribution in [1.82, 2.24) is 10.2 Å². The van der Waals surface area contributed by atoms with E-state index in [1.165, 1.54) is 0 Å². The number of hydrogen-bond donors (Lipinski definition) is 1. The molecule has 0 radical (unpaired) electrons. The second-order valence-electron chi connectivity index (χ2n) is 5.74. The van der Waals surface area contributed by atoms with Crippen molar-refractivity contribution < 1.29 is 4.39 Å². The third kappa shape index (κ3) is 3.70. The van der Waals surface area contributed by atoms with Crippen molar-refractivity contribution in [3.8, 4) is 0 Å². The average molecular weight is 230 g/mol. The van der Waals surface area contributed by atoms with Gasteiger partial charge < -0.3 is 5.32 Å². The Hall–Kier alpha value is -0.150.